The highest BCUT2D eigenvalue weighted by Crippen LogP contribution is 2.31. The lowest BCUT2D eigenvalue weighted by atomic mass is 9.93. The molecule has 3 N–H and O–H groups in total. The number of benzene rings is 1. The van der Waals surface area contributed by atoms with Crippen molar-refractivity contribution in [2.75, 3.05) is 20.3 Å². The Morgan fingerprint density at radius 2 is 1.69 bits per heavy atom. The molecule has 49 heavy (non-hydrogen) atoms. The first-order valence-electron chi connectivity index (χ1n) is 18.0. The Morgan fingerprint density at radius 1 is 1.04 bits per heavy atom. The molecule has 0 unspecified atom stereocenters. The SMILES string of the molecule is CCCCCCCCCCOc1ccc(C(=O)O[C@@H]2CC[C@H](NC(=O)[C@H](OC)[C@@H]3OC(C)(C)O[C@H](/C=C/C(C)(C)C)[C@@H]3O)C(=O)NC2)cc1. The largest absolute Gasteiger partial charge is 0.494 e. The minimum Gasteiger partial charge on any atom is -0.494 e. The summed E-state index contributed by atoms with van der Waals surface area (Å²) in [4.78, 5) is 39.3. The van der Waals surface area contributed by atoms with Crippen molar-refractivity contribution in [1.82, 2.24) is 10.6 Å². The smallest absolute Gasteiger partial charge is 0.338 e. The molecule has 6 atom stereocenters. The third-order valence-electron chi connectivity index (χ3n) is 8.65. The molecule has 0 saturated carbocycles. The first kappa shape index (κ1) is 40.4. The van der Waals surface area contributed by atoms with Crippen LogP contribution >= 0.6 is 0 Å². The third-order valence-corrected chi connectivity index (χ3v) is 8.65. The molecular formula is C38H60N2O9. The lowest BCUT2D eigenvalue weighted by Gasteiger charge is -2.45. The van der Waals surface area contributed by atoms with E-state index in [-0.39, 0.29) is 18.4 Å². The van der Waals surface area contributed by atoms with E-state index < -0.39 is 60.1 Å². The number of ether oxygens (including phenoxy) is 5. The molecule has 2 heterocycles. The maximum atomic E-state index is 13.4. The summed E-state index contributed by atoms with van der Waals surface area (Å²) in [6.45, 7) is 12.5. The lowest BCUT2D eigenvalue weighted by molar-refractivity contribution is -0.334. The number of aliphatic hydroxyl groups is 1. The maximum Gasteiger partial charge on any atom is 0.338 e. The summed E-state index contributed by atoms with van der Waals surface area (Å²) in [5.74, 6) is -1.92. The van der Waals surface area contributed by atoms with Crippen LogP contribution in [-0.2, 0) is 28.5 Å². The summed E-state index contributed by atoms with van der Waals surface area (Å²) >= 11 is 0. The van der Waals surface area contributed by atoms with Crippen molar-refractivity contribution in [3.63, 3.8) is 0 Å². The molecule has 2 saturated heterocycles. The first-order chi connectivity index (χ1) is 23.2. The minimum atomic E-state index is -1.22. The van der Waals surface area contributed by atoms with Gasteiger partial charge in [0.1, 0.15) is 36.2 Å². The zero-order valence-corrected chi connectivity index (χ0v) is 30.6. The van der Waals surface area contributed by atoms with Gasteiger partial charge in [-0.05, 0) is 62.8 Å². The number of methoxy groups -OCH3 is 1. The van der Waals surface area contributed by atoms with Gasteiger partial charge in [0.2, 0.25) is 5.91 Å². The molecule has 1 aromatic carbocycles. The third kappa shape index (κ3) is 13.7. The number of hydrogen-bond acceptors (Lipinski definition) is 9. The van der Waals surface area contributed by atoms with Crippen molar-refractivity contribution >= 4 is 17.8 Å². The fourth-order valence-corrected chi connectivity index (χ4v) is 5.93. The number of carbonyl (C=O) groups excluding carboxylic acids is 3. The van der Waals surface area contributed by atoms with Crippen LogP contribution in [0.4, 0.5) is 0 Å². The van der Waals surface area contributed by atoms with Gasteiger partial charge in [0.05, 0.1) is 18.7 Å². The van der Waals surface area contributed by atoms with Crippen LogP contribution in [0.15, 0.2) is 36.4 Å². The van der Waals surface area contributed by atoms with E-state index in [1.807, 2.05) is 26.8 Å². The molecule has 11 heteroatoms. The number of esters is 1. The van der Waals surface area contributed by atoms with Gasteiger partial charge in [-0.3, -0.25) is 9.59 Å². The molecule has 0 radical (unpaired) electrons. The predicted octanol–water partition coefficient (Wildman–Crippen LogP) is 5.62. The first-order valence-corrected chi connectivity index (χ1v) is 18.0. The van der Waals surface area contributed by atoms with Gasteiger partial charge in [0.25, 0.3) is 5.91 Å². The highest BCUT2D eigenvalue weighted by atomic mass is 16.7. The van der Waals surface area contributed by atoms with E-state index in [1.165, 1.54) is 45.6 Å². The van der Waals surface area contributed by atoms with Gasteiger partial charge in [0.15, 0.2) is 11.9 Å². The van der Waals surface area contributed by atoms with Gasteiger partial charge >= 0.3 is 5.97 Å². The Morgan fingerprint density at radius 3 is 2.33 bits per heavy atom. The molecule has 3 rings (SSSR count). The van der Waals surface area contributed by atoms with Gasteiger partial charge in [0, 0.05) is 7.11 Å². The van der Waals surface area contributed by atoms with Crippen molar-refractivity contribution < 1.29 is 43.2 Å². The van der Waals surface area contributed by atoms with Crippen molar-refractivity contribution in [2.24, 2.45) is 5.41 Å². The monoisotopic (exact) mass is 688 g/mol. The topological polar surface area (TPSA) is 142 Å². The summed E-state index contributed by atoms with van der Waals surface area (Å²) < 4.78 is 29.0. The van der Waals surface area contributed by atoms with Crippen LogP contribution in [0.1, 0.15) is 116 Å². The number of unbranched alkanes of at least 4 members (excludes halogenated alkanes) is 7. The van der Waals surface area contributed by atoms with Gasteiger partial charge < -0.3 is 39.4 Å². The molecule has 2 amide bonds. The normalized spacial score (nSPS) is 24.9. The Bertz CT molecular complexity index is 1210. The van der Waals surface area contributed by atoms with E-state index in [4.69, 9.17) is 23.7 Å². The molecule has 2 aliphatic heterocycles. The van der Waals surface area contributed by atoms with Crippen LogP contribution in [-0.4, -0.2) is 85.5 Å². The number of rotatable bonds is 17. The molecule has 0 spiro atoms. The second-order valence-corrected chi connectivity index (χ2v) is 14.7. The van der Waals surface area contributed by atoms with Crippen LogP contribution in [0.3, 0.4) is 0 Å². The fraction of sp³-hybridized carbons (Fsp3) is 0.711. The van der Waals surface area contributed by atoms with Crippen molar-refractivity contribution in [1.29, 1.82) is 0 Å². The minimum absolute atomic E-state index is 0.113. The number of allylic oxidation sites excluding steroid dienone is 1. The lowest BCUT2D eigenvalue weighted by Crippen LogP contribution is -2.62. The number of nitrogens with one attached hydrogen (secondary N) is 2. The summed E-state index contributed by atoms with van der Waals surface area (Å²) in [5.41, 5.74) is 0.237. The molecule has 0 aliphatic carbocycles. The van der Waals surface area contributed by atoms with Gasteiger partial charge in [-0.15, -0.1) is 0 Å². The average Bonchev–Trinajstić information content (AvgIpc) is 3.21. The highest BCUT2D eigenvalue weighted by Gasteiger charge is 2.48. The molecule has 1 aromatic rings. The van der Waals surface area contributed by atoms with E-state index in [0.717, 1.165) is 12.8 Å². The van der Waals surface area contributed by atoms with Crippen LogP contribution in [0.2, 0.25) is 0 Å². The van der Waals surface area contributed by atoms with E-state index in [9.17, 15) is 19.5 Å². The Labute approximate surface area is 292 Å². The standard InChI is InChI=1S/C38H60N2O9/c1-8-9-10-11-12-13-14-15-24-46-27-18-16-26(17-19-27)36(44)47-28-20-21-29(34(42)39-25-28)40-35(43)33(45-7)32-31(41)30(22-23-37(2,3)4)48-38(5,6)49-32/h16-19,22-23,28-33,41H,8-15,20-21,24-25H2,1-7H3,(H,39,42)(H,40,43)/b23-22+/t28-,29+,30-,31+,32-,33-/m1/s1. The molecule has 2 aliphatic rings. The molecule has 0 aromatic heterocycles. The van der Waals surface area contributed by atoms with E-state index in [1.54, 1.807) is 44.2 Å². The van der Waals surface area contributed by atoms with Gasteiger partial charge in [-0.1, -0.05) is 84.8 Å². The Hall–Kier alpha value is -2.99. The number of aliphatic hydroxyl groups excluding tert-OH is 1. The van der Waals surface area contributed by atoms with Crippen LogP contribution < -0.4 is 15.4 Å². The highest BCUT2D eigenvalue weighted by molar-refractivity contribution is 5.91. The molecular weight excluding hydrogens is 628 g/mol. The number of hydrogen-bond donors (Lipinski definition) is 3. The van der Waals surface area contributed by atoms with Crippen molar-refractivity contribution in [2.45, 2.75) is 148 Å². The summed E-state index contributed by atoms with van der Waals surface area (Å²) in [7, 11) is 1.35. The molecule has 0 bridgehead atoms. The van der Waals surface area contributed by atoms with Gasteiger partial charge in [-0.2, -0.15) is 0 Å². The number of carbonyl (C=O) groups is 3. The zero-order chi connectivity index (χ0) is 36.0. The molecule has 11 nitrogen and oxygen atoms in total. The Balaban J connectivity index is 1.48. The second kappa shape index (κ2) is 19.4. The van der Waals surface area contributed by atoms with E-state index in [2.05, 4.69) is 17.6 Å². The quantitative estimate of drug-likeness (QED) is 0.108. The van der Waals surface area contributed by atoms with Crippen LogP contribution in [0.5, 0.6) is 5.75 Å². The van der Waals surface area contributed by atoms with E-state index in [0.29, 0.717) is 24.3 Å². The summed E-state index contributed by atoms with van der Waals surface area (Å²) in [5, 5.41) is 16.6. The number of amides is 2. The summed E-state index contributed by atoms with van der Waals surface area (Å²) in [6.07, 6.45) is 9.33. The molecule has 2 fully saturated rings. The van der Waals surface area contributed by atoms with Crippen LogP contribution in [0, 0.1) is 5.41 Å². The van der Waals surface area contributed by atoms with Crippen molar-refractivity contribution in [3.8, 4) is 5.75 Å². The second-order valence-electron chi connectivity index (χ2n) is 14.7. The fourth-order valence-electron chi connectivity index (χ4n) is 5.93. The average molecular weight is 689 g/mol. The maximum absolute atomic E-state index is 13.4. The summed E-state index contributed by atoms with van der Waals surface area (Å²) in [6, 6.07) is 5.97. The Kier molecular flexibility index (Phi) is 16.0. The van der Waals surface area contributed by atoms with E-state index >= 15 is 0 Å². The van der Waals surface area contributed by atoms with Crippen molar-refractivity contribution in [3.05, 3.63) is 42.0 Å². The molecule has 276 valence electrons. The van der Waals surface area contributed by atoms with Gasteiger partial charge in [-0.25, -0.2) is 4.79 Å². The predicted molar refractivity (Wildman–Crippen MR) is 187 cm³/mol. The van der Waals surface area contributed by atoms with Crippen LogP contribution in [0.25, 0.3) is 0 Å². The zero-order valence-electron chi connectivity index (χ0n) is 30.6.